The van der Waals surface area contributed by atoms with E-state index >= 15 is 0 Å². The monoisotopic (exact) mass is 243 g/mol. The minimum Gasteiger partial charge on any atom is -0.303 e. The maximum absolute atomic E-state index is 2.68. The summed E-state index contributed by atoms with van der Waals surface area (Å²) in [5, 5.41) is 0. The molecule has 98 valence electrons. The summed E-state index contributed by atoms with van der Waals surface area (Å²) in [5.41, 5.74) is 4.75. The Morgan fingerprint density at radius 2 is 2.17 bits per heavy atom. The van der Waals surface area contributed by atoms with Crippen LogP contribution in [0.3, 0.4) is 0 Å². The molecule has 0 radical (unpaired) electrons. The first kappa shape index (κ1) is 12.2. The molecule has 1 saturated heterocycles. The third kappa shape index (κ3) is 2.21. The minimum atomic E-state index is 0.849. The second kappa shape index (κ2) is 5.05. The maximum atomic E-state index is 2.68. The van der Waals surface area contributed by atoms with Crippen molar-refractivity contribution in [1.82, 2.24) is 4.90 Å². The quantitative estimate of drug-likeness (QED) is 0.764. The van der Waals surface area contributed by atoms with Gasteiger partial charge in [0.1, 0.15) is 0 Å². The van der Waals surface area contributed by atoms with Crippen molar-refractivity contribution in [2.24, 2.45) is 5.92 Å². The summed E-state index contributed by atoms with van der Waals surface area (Å²) >= 11 is 0. The summed E-state index contributed by atoms with van der Waals surface area (Å²) in [5.74, 6) is 1.77. The van der Waals surface area contributed by atoms with Crippen LogP contribution in [0.25, 0.3) is 0 Å². The average Bonchev–Trinajstić information content (AvgIpc) is 2.38. The van der Waals surface area contributed by atoms with E-state index in [1.807, 2.05) is 0 Å². The second-order valence-corrected chi connectivity index (χ2v) is 6.20. The van der Waals surface area contributed by atoms with E-state index in [0.717, 1.165) is 11.8 Å². The van der Waals surface area contributed by atoms with Crippen LogP contribution < -0.4 is 0 Å². The van der Waals surface area contributed by atoms with Crippen molar-refractivity contribution in [2.75, 3.05) is 19.6 Å². The van der Waals surface area contributed by atoms with Crippen molar-refractivity contribution in [2.45, 2.75) is 45.4 Å². The number of benzene rings is 1. The zero-order chi connectivity index (χ0) is 12.5. The van der Waals surface area contributed by atoms with Crippen molar-refractivity contribution in [3.05, 3.63) is 34.9 Å². The highest BCUT2D eigenvalue weighted by Gasteiger charge is 2.33. The first-order chi connectivity index (χ1) is 8.78. The van der Waals surface area contributed by atoms with Gasteiger partial charge >= 0.3 is 0 Å². The molecule has 1 heteroatoms. The highest BCUT2D eigenvalue weighted by Crippen LogP contribution is 2.41. The van der Waals surface area contributed by atoms with Crippen molar-refractivity contribution < 1.29 is 0 Å². The number of hydrogen-bond acceptors (Lipinski definition) is 1. The van der Waals surface area contributed by atoms with Gasteiger partial charge < -0.3 is 4.90 Å². The van der Waals surface area contributed by atoms with E-state index in [1.165, 1.54) is 50.9 Å². The molecule has 0 bridgehead atoms. The predicted molar refractivity (Wildman–Crippen MR) is 77.1 cm³/mol. The predicted octanol–water partition coefficient (Wildman–Crippen LogP) is 3.76. The molecule has 2 aliphatic rings. The number of hydrogen-bond donors (Lipinski definition) is 0. The third-order valence-corrected chi connectivity index (χ3v) is 4.84. The molecular formula is C17H25N. The molecule has 1 aromatic rings. The fraction of sp³-hybridized carbons (Fsp3) is 0.647. The number of likely N-dealkylation sites (tertiary alicyclic amines) is 1. The first-order valence-electron chi connectivity index (χ1n) is 7.59. The Balaban J connectivity index is 1.81. The van der Waals surface area contributed by atoms with Gasteiger partial charge in [-0.05, 0) is 68.7 Å². The average molecular weight is 243 g/mol. The Morgan fingerprint density at radius 3 is 3.00 bits per heavy atom. The van der Waals surface area contributed by atoms with Crippen LogP contribution >= 0.6 is 0 Å². The molecule has 0 aromatic heterocycles. The Labute approximate surface area is 111 Å². The van der Waals surface area contributed by atoms with E-state index in [2.05, 4.69) is 36.9 Å². The number of nitrogens with zero attached hydrogens (tertiary/aromatic N) is 1. The van der Waals surface area contributed by atoms with Gasteiger partial charge in [0.05, 0.1) is 0 Å². The minimum absolute atomic E-state index is 0.849. The van der Waals surface area contributed by atoms with E-state index in [1.54, 1.807) is 11.1 Å². The molecular weight excluding hydrogens is 218 g/mol. The lowest BCUT2D eigenvalue weighted by Crippen LogP contribution is -2.41. The molecule has 0 spiro atoms. The number of piperidine rings is 1. The molecule has 1 heterocycles. The van der Waals surface area contributed by atoms with Crippen LogP contribution in [0.1, 0.15) is 48.8 Å². The van der Waals surface area contributed by atoms with Crippen LogP contribution in [0.5, 0.6) is 0 Å². The van der Waals surface area contributed by atoms with Gasteiger partial charge in [0.2, 0.25) is 0 Å². The lowest BCUT2D eigenvalue weighted by molar-refractivity contribution is 0.141. The second-order valence-electron chi connectivity index (χ2n) is 6.20. The summed E-state index contributed by atoms with van der Waals surface area (Å²) in [6, 6.07) is 7.12. The van der Waals surface area contributed by atoms with Gasteiger partial charge in [-0.3, -0.25) is 0 Å². The summed E-state index contributed by atoms with van der Waals surface area (Å²) < 4.78 is 0. The summed E-state index contributed by atoms with van der Waals surface area (Å²) in [6.07, 6.45) is 5.38. The molecule has 1 aliphatic heterocycles. The molecule has 18 heavy (non-hydrogen) atoms. The Kier molecular flexibility index (Phi) is 3.43. The summed E-state index contributed by atoms with van der Waals surface area (Å²) in [6.45, 7) is 8.47. The molecule has 1 fully saturated rings. The zero-order valence-corrected chi connectivity index (χ0v) is 11.8. The highest BCUT2D eigenvalue weighted by atomic mass is 15.1. The molecule has 0 N–H and O–H groups in total. The molecule has 1 aliphatic carbocycles. The fourth-order valence-electron chi connectivity index (χ4n) is 3.96. The van der Waals surface area contributed by atoms with Crippen LogP contribution in [0.2, 0.25) is 0 Å². The van der Waals surface area contributed by atoms with Gasteiger partial charge in [-0.2, -0.15) is 0 Å². The maximum Gasteiger partial charge on any atom is 0.00156 e. The first-order valence-corrected chi connectivity index (χ1v) is 7.59. The lowest BCUT2D eigenvalue weighted by Gasteiger charge is -2.42. The molecule has 2 atom stereocenters. The van der Waals surface area contributed by atoms with Gasteiger partial charge in [-0.1, -0.05) is 30.7 Å². The molecule has 3 rings (SSSR count). The SMILES string of the molecule is CCCN1CCC2c3cc(C)ccc3CCC2C1. The lowest BCUT2D eigenvalue weighted by atomic mass is 9.71. The van der Waals surface area contributed by atoms with Gasteiger partial charge in [0.25, 0.3) is 0 Å². The Morgan fingerprint density at radius 1 is 1.28 bits per heavy atom. The van der Waals surface area contributed by atoms with Crippen molar-refractivity contribution in [3.63, 3.8) is 0 Å². The van der Waals surface area contributed by atoms with Crippen LogP contribution in [0.4, 0.5) is 0 Å². The molecule has 1 aromatic carbocycles. The van der Waals surface area contributed by atoms with Crippen LogP contribution in [-0.4, -0.2) is 24.5 Å². The van der Waals surface area contributed by atoms with E-state index < -0.39 is 0 Å². The number of fused-ring (bicyclic) bond motifs is 3. The normalized spacial score (nSPS) is 27.7. The molecule has 1 nitrogen and oxygen atoms in total. The van der Waals surface area contributed by atoms with Gasteiger partial charge in [0, 0.05) is 6.54 Å². The van der Waals surface area contributed by atoms with E-state index in [9.17, 15) is 0 Å². The largest absolute Gasteiger partial charge is 0.303 e. The molecule has 0 saturated carbocycles. The van der Waals surface area contributed by atoms with Crippen molar-refractivity contribution in [1.29, 1.82) is 0 Å². The number of aryl methyl sites for hydroxylation is 2. The van der Waals surface area contributed by atoms with Crippen molar-refractivity contribution >= 4 is 0 Å². The van der Waals surface area contributed by atoms with E-state index in [-0.39, 0.29) is 0 Å². The Bertz CT molecular complexity index is 424. The molecule has 2 unspecified atom stereocenters. The van der Waals surface area contributed by atoms with E-state index in [4.69, 9.17) is 0 Å². The van der Waals surface area contributed by atoms with Gasteiger partial charge in [-0.15, -0.1) is 0 Å². The summed E-state index contributed by atoms with van der Waals surface area (Å²) in [7, 11) is 0. The fourth-order valence-corrected chi connectivity index (χ4v) is 3.96. The van der Waals surface area contributed by atoms with Crippen LogP contribution in [0.15, 0.2) is 18.2 Å². The third-order valence-electron chi connectivity index (χ3n) is 4.84. The topological polar surface area (TPSA) is 3.24 Å². The molecule has 0 amide bonds. The Hall–Kier alpha value is -0.820. The standard InChI is InChI=1S/C17H25N/c1-3-9-18-10-8-16-15(12-18)7-6-14-5-4-13(2)11-17(14)16/h4-5,11,15-16H,3,6-10,12H2,1-2H3. The summed E-state index contributed by atoms with van der Waals surface area (Å²) in [4.78, 5) is 2.68. The van der Waals surface area contributed by atoms with Crippen LogP contribution in [0, 0.1) is 12.8 Å². The van der Waals surface area contributed by atoms with Crippen molar-refractivity contribution in [3.8, 4) is 0 Å². The zero-order valence-electron chi connectivity index (χ0n) is 11.8. The van der Waals surface area contributed by atoms with Crippen LogP contribution in [-0.2, 0) is 6.42 Å². The van der Waals surface area contributed by atoms with Gasteiger partial charge in [0.15, 0.2) is 0 Å². The van der Waals surface area contributed by atoms with E-state index in [0.29, 0.717) is 0 Å². The van der Waals surface area contributed by atoms with Gasteiger partial charge in [-0.25, -0.2) is 0 Å². The highest BCUT2D eigenvalue weighted by molar-refractivity contribution is 5.37. The smallest absolute Gasteiger partial charge is 0.00156 e. The number of rotatable bonds is 2.